The van der Waals surface area contributed by atoms with Crippen LogP contribution in [-0.4, -0.2) is 47.9 Å². The summed E-state index contributed by atoms with van der Waals surface area (Å²) in [4.78, 5) is 27.4. The number of benzene rings is 2. The van der Waals surface area contributed by atoms with Gasteiger partial charge in [0.15, 0.2) is 5.69 Å². The average Bonchev–Trinajstić information content (AvgIpc) is 2.66. The fourth-order valence-corrected chi connectivity index (χ4v) is 2.70. The SMILES string of the molecule is CN(C)CCCOC(=O)c1nn(-c2ccccc2)c(=O)c2ccccc12.Cl. The third-order valence-electron chi connectivity index (χ3n) is 3.98. The summed E-state index contributed by atoms with van der Waals surface area (Å²) >= 11 is 0. The molecular weight excluding hydrogens is 366 g/mol. The number of fused-ring (bicyclic) bond motifs is 1. The van der Waals surface area contributed by atoms with E-state index in [1.165, 1.54) is 4.68 Å². The molecular formula is C20H22ClN3O3. The number of carbonyl (C=O) groups is 1. The van der Waals surface area contributed by atoms with Crippen LogP contribution in [0.15, 0.2) is 59.4 Å². The fourth-order valence-electron chi connectivity index (χ4n) is 2.70. The first-order chi connectivity index (χ1) is 12.6. The van der Waals surface area contributed by atoms with Gasteiger partial charge in [0.1, 0.15) is 0 Å². The highest BCUT2D eigenvalue weighted by Crippen LogP contribution is 2.16. The summed E-state index contributed by atoms with van der Waals surface area (Å²) in [7, 11) is 3.93. The van der Waals surface area contributed by atoms with Crippen LogP contribution in [-0.2, 0) is 4.74 Å². The molecule has 0 aliphatic rings. The molecule has 1 aromatic heterocycles. The van der Waals surface area contributed by atoms with Crippen LogP contribution in [0.5, 0.6) is 0 Å². The van der Waals surface area contributed by atoms with E-state index in [-0.39, 0.29) is 23.7 Å². The molecule has 7 heteroatoms. The molecule has 0 aliphatic carbocycles. The summed E-state index contributed by atoms with van der Waals surface area (Å²) in [6, 6.07) is 16.0. The molecule has 0 aliphatic heterocycles. The van der Waals surface area contributed by atoms with E-state index in [2.05, 4.69) is 5.10 Å². The maximum absolute atomic E-state index is 12.8. The maximum atomic E-state index is 12.8. The molecule has 0 unspecified atom stereocenters. The highest BCUT2D eigenvalue weighted by molar-refractivity contribution is 6.02. The molecule has 0 saturated heterocycles. The van der Waals surface area contributed by atoms with Crippen LogP contribution in [0.2, 0.25) is 0 Å². The van der Waals surface area contributed by atoms with Crippen molar-refractivity contribution >= 4 is 29.1 Å². The number of rotatable bonds is 6. The zero-order valence-electron chi connectivity index (χ0n) is 15.3. The lowest BCUT2D eigenvalue weighted by molar-refractivity contribution is 0.0487. The second-order valence-electron chi connectivity index (χ2n) is 6.24. The Morgan fingerprint density at radius 1 is 1.04 bits per heavy atom. The molecule has 0 spiro atoms. The number of para-hydroxylation sites is 1. The Morgan fingerprint density at radius 2 is 1.67 bits per heavy atom. The van der Waals surface area contributed by atoms with Gasteiger partial charge in [0.2, 0.25) is 0 Å². The Labute approximate surface area is 163 Å². The summed E-state index contributed by atoms with van der Waals surface area (Å²) in [5.74, 6) is -0.523. The van der Waals surface area contributed by atoms with Crippen molar-refractivity contribution in [2.75, 3.05) is 27.2 Å². The van der Waals surface area contributed by atoms with Gasteiger partial charge in [0, 0.05) is 11.9 Å². The van der Waals surface area contributed by atoms with Crippen LogP contribution in [0.3, 0.4) is 0 Å². The van der Waals surface area contributed by atoms with Crippen molar-refractivity contribution in [3.8, 4) is 5.69 Å². The Morgan fingerprint density at radius 3 is 2.33 bits per heavy atom. The first-order valence-electron chi connectivity index (χ1n) is 8.47. The van der Waals surface area contributed by atoms with Crippen LogP contribution in [0.1, 0.15) is 16.9 Å². The third kappa shape index (κ3) is 4.72. The van der Waals surface area contributed by atoms with Gasteiger partial charge in [-0.3, -0.25) is 4.79 Å². The number of carbonyl (C=O) groups excluding carboxylic acids is 1. The van der Waals surface area contributed by atoms with Gasteiger partial charge in [-0.15, -0.1) is 12.4 Å². The molecule has 142 valence electrons. The second-order valence-corrected chi connectivity index (χ2v) is 6.24. The minimum Gasteiger partial charge on any atom is -0.461 e. The van der Waals surface area contributed by atoms with Gasteiger partial charge < -0.3 is 9.64 Å². The Balaban J connectivity index is 0.00000261. The van der Waals surface area contributed by atoms with Crippen molar-refractivity contribution < 1.29 is 9.53 Å². The van der Waals surface area contributed by atoms with Gasteiger partial charge in [-0.25, -0.2) is 4.79 Å². The first-order valence-corrected chi connectivity index (χ1v) is 8.47. The number of halogens is 1. The standard InChI is InChI=1S/C20H21N3O3.ClH/c1-22(2)13-8-14-26-20(25)18-16-11-6-7-12-17(16)19(24)23(21-18)15-9-4-3-5-10-15;/h3-7,9-12H,8,13-14H2,1-2H3;1H. The van der Waals surface area contributed by atoms with Crippen LogP contribution in [0, 0.1) is 0 Å². The van der Waals surface area contributed by atoms with Crippen molar-refractivity contribution in [3.05, 3.63) is 70.6 Å². The molecule has 0 atom stereocenters. The number of hydrogen-bond acceptors (Lipinski definition) is 5. The van der Waals surface area contributed by atoms with Crippen molar-refractivity contribution in [2.45, 2.75) is 6.42 Å². The first kappa shape index (κ1) is 20.6. The summed E-state index contributed by atoms with van der Waals surface area (Å²) in [6.07, 6.45) is 0.731. The molecule has 6 nitrogen and oxygen atoms in total. The lowest BCUT2D eigenvalue weighted by Gasteiger charge is -2.12. The highest BCUT2D eigenvalue weighted by atomic mass is 35.5. The van der Waals surface area contributed by atoms with E-state index in [1.807, 2.05) is 37.2 Å². The maximum Gasteiger partial charge on any atom is 0.359 e. The minimum absolute atomic E-state index is 0. The Kier molecular flexibility index (Phi) is 7.10. The third-order valence-corrected chi connectivity index (χ3v) is 3.98. The van der Waals surface area contributed by atoms with Crippen LogP contribution < -0.4 is 5.56 Å². The van der Waals surface area contributed by atoms with Gasteiger partial charge in [-0.2, -0.15) is 9.78 Å². The topological polar surface area (TPSA) is 64.4 Å². The van der Waals surface area contributed by atoms with Gasteiger partial charge in [0.25, 0.3) is 5.56 Å². The van der Waals surface area contributed by atoms with E-state index in [9.17, 15) is 9.59 Å². The predicted molar refractivity (Wildman–Crippen MR) is 108 cm³/mol. The van der Waals surface area contributed by atoms with Crippen LogP contribution in [0.4, 0.5) is 0 Å². The minimum atomic E-state index is -0.523. The number of aromatic nitrogens is 2. The summed E-state index contributed by atoms with van der Waals surface area (Å²) in [5, 5.41) is 5.24. The number of esters is 1. The zero-order valence-corrected chi connectivity index (χ0v) is 16.1. The molecule has 3 aromatic rings. The fraction of sp³-hybridized carbons (Fsp3) is 0.250. The Bertz CT molecular complexity index is 971. The van der Waals surface area contributed by atoms with Gasteiger partial charge in [0.05, 0.1) is 17.7 Å². The number of ether oxygens (including phenoxy) is 1. The summed E-state index contributed by atoms with van der Waals surface area (Å²) in [5.41, 5.74) is 0.481. The molecule has 0 amide bonds. The quantitative estimate of drug-likeness (QED) is 0.480. The highest BCUT2D eigenvalue weighted by Gasteiger charge is 2.18. The molecule has 0 saturated carbocycles. The van der Waals surface area contributed by atoms with Gasteiger partial charge in [-0.05, 0) is 38.7 Å². The van der Waals surface area contributed by atoms with E-state index in [1.54, 1.807) is 36.4 Å². The van der Waals surface area contributed by atoms with Crippen molar-refractivity contribution in [3.63, 3.8) is 0 Å². The van der Waals surface area contributed by atoms with E-state index in [0.717, 1.165) is 13.0 Å². The second kappa shape index (κ2) is 9.30. The van der Waals surface area contributed by atoms with Crippen molar-refractivity contribution in [1.82, 2.24) is 14.7 Å². The number of hydrogen-bond donors (Lipinski definition) is 0. The molecule has 0 fully saturated rings. The molecule has 0 bridgehead atoms. The predicted octanol–water partition coefficient (Wildman–Crippen LogP) is 2.92. The lowest BCUT2D eigenvalue weighted by Crippen LogP contribution is -2.25. The average molecular weight is 388 g/mol. The van der Waals surface area contributed by atoms with Crippen molar-refractivity contribution in [2.24, 2.45) is 0 Å². The molecule has 1 heterocycles. The number of nitrogens with zero attached hydrogens (tertiary/aromatic N) is 3. The molecule has 27 heavy (non-hydrogen) atoms. The molecule has 0 radical (unpaired) electrons. The van der Waals surface area contributed by atoms with Gasteiger partial charge >= 0.3 is 5.97 Å². The summed E-state index contributed by atoms with van der Waals surface area (Å²) in [6.45, 7) is 1.13. The summed E-state index contributed by atoms with van der Waals surface area (Å²) < 4.78 is 6.62. The van der Waals surface area contributed by atoms with E-state index < -0.39 is 5.97 Å². The molecule has 3 rings (SSSR count). The lowest BCUT2D eigenvalue weighted by atomic mass is 10.1. The van der Waals surface area contributed by atoms with Crippen molar-refractivity contribution in [1.29, 1.82) is 0 Å². The van der Waals surface area contributed by atoms with Gasteiger partial charge in [-0.1, -0.05) is 36.4 Å². The van der Waals surface area contributed by atoms with Crippen LogP contribution in [0.25, 0.3) is 16.5 Å². The monoisotopic (exact) mass is 387 g/mol. The Hall–Kier alpha value is -2.70. The van der Waals surface area contributed by atoms with E-state index in [4.69, 9.17) is 4.74 Å². The normalized spacial score (nSPS) is 10.6. The largest absolute Gasteiger partial charge is 0.461 e. The van der Waals surface area contributed by atoms with E-state index in [0.29, 0.717) is 23.1 Å². The smallest absolute Gasteiger partial charge is 0.359 e. The molecule has 0 N–H and O–H groups in total. The molecule has 2 aromatic carbocycles. The van der Waals surface area contributed by atoms with E-state index >= 15 is 0 Å². The zero-order chi connectivity index (χ0) is 18.5. The van der Waals surface area contributed by atoms with Crippen LogP contribution >= 0.6 is 12.4 Å².